The largest absolute Gasteiger partial charge is 0.445 e. The molecule has 1 fully saturated rings. The molecule has 1 saturated heterocycles. The standard InChI is InChI=1S/C20H22N6O3/c27-20(16-3-1-14(2-4-16)11-26-13-21-23-24-26)25-8-5-18-17(12-25)22-19(29-18)15-6-9-28-10-7-15/h1-4,13,15H,5-12H2. The molecule has 9 heteroatoms. The molecule has 2 aliphatic rings. The van der Waals surface area contributed by atoms with Crippen LogP contribution in [0.4, 0.5) is 0 Å². The number of oxazole rings is 1. The van der Waals surface area contributed by atoms with Crippen LogP contribution in [0.3, 0.4) is 0 Å². The number of benzene rings is 1. The molecule has 0 radical (unpaired) electrons. The van der Waals surface area contributed by atoms with Gasteiger partial charge in [-0.15, -0.1) is 5.10 Å². The van der Waals surface area contributed by atoms with E-state index in [-0.39, 0.29) is 5.91 Å². The number of rotatable bonds is 4. The first-order valence-electron chi connectivity index (χ1n) is 9.91. The zero-order valence-corrected chi connectivity index (χ0v) is 16.0. The van der Waals surface area contributed by atoms with E-state index in [1.807, 2.05) is 29.2 Å². The fourth-order valence-electron chi connectivity index (χ4n) is 3.89. The van der Waals surface area contributed by atoms with Crippen LogP contribution in [0.2, 0.25) is 0 Å². The lowest BCUT2D eigenvalue weighted by atomic mass is 10.0. The summed E-state index contributed by atoms with van der Waals surface area (Å²) in [5, 5.41) is 11.1. The van der Waals surface area contributed by atoms with Crippen LogP contribution in [0.25, 0.3) is 0 Å². The summed E-state index contributed by atoms with van der Waals surface area (Å²) in [4.78, 5) is 19.5. The van der Waals surface area contributed by atoms with Gasteiger partial charge in [-0.05, 0) is 41.0 Å². The Hall–Kier alpha value is -3.07. The smallest absolute Gasteiger partial charge is 0.254 e. The average Bonchev–Trinajstić information content (AvgIpc) is 3.43. The molecule has 1 aromatic carbocycles. The Kier molecular flexibility index (Phi) is 4.81. The molecular weight excluding hydrogens is 372 g/mol. The summed E-state index contributed by atoms with van der Waals surface area (Å²) in [6, 6.07) is 7.58. The molecule has 9 nitrogen and oxygen atoms in total. The van der Waals surface area contributed by atoms with E-state index in [4.69, 9.17) is 14.1 Å². The Balaban J connectivity index is 1.26. The Morgan fingerprint density at radius 2 is 2.00 bits per heavy atom. The first-order valence-corrected chi connectivity index (χ1v) is 9.91. The molecule has 5 rings (SSSR count). The number of aromatic nitrogens is 5. The van der Waals surface area contributed by atoms with E-state index in [0.29, 0.717) is 37.5 Å². The summed E-state index contributed by atoms with van der Waals surface area (Å²) in [6.45, 7) is 3.22. The fourth-order valence-corrected chi connectivity index (χ4v) is 3.89. The van der Waals surface area contributed by atoms with Crippen molar-refractivity contribution in [3.63, 3.8) is 0 Å². The minimum atomic E-state index is 0.0141. The van der Waals surface area contributed by atoms with E-state index in [2.05, 4.69) is 15.5 Å². The third kappa shape index (κ3) is 3.77. The lowest BCUT2D eigenvalue weighted by molar-refractivity contribution is 0.0726. The van der Waals surface area contributed by atoms with E-state index >= 15 is 0 Å². The third-order valence-electron chi connectivity index (χ3n) is 5.54. The van der Waals surface area contributed by atoms with Gasteiger partial charge in [0.2, 0.25) is 0 Å². The van der Waals surface area contributed by atoms with Crippen molar-refractivity contribution in [2.24, 2.45) is 0 Å². The molecule has 0 bridgehead atoms. The van der Waals surface area contributed by atoms with Crippen LogP contribution in [0.5, 0.6) is 0 Å². The van der Waals surface area contributed by atoms with Gasteiger partial charge in [0.1, 0.15) is 17.8 Å². The van der Waals surface area contributed by atoms with Crippen molar-refractivity contribution in [2.75, 3.05) is 19.8 Å². The van der Waals surface area contributed by atoms with Crippen molar-refractivity contribution in [2.45, 2.75) is 38.3 Å². The quantitative estimate of drug-likeness (QED) is 0.665. The molecular formula is C20H22N6O3. The summed E-state index contributed by atoms with van der Waals surface area (Å²) < 4.78 is 13.1. The molecule has 3 aromatic rings. The summed E-state index contributed by atoms with van der Waals surface area (Å²) >= 11 is 0. The minimum absolute atomic E-state index is 0.0141. The van der Waals surface area contributed by atoms with E-state index < -0.39 is 0 Å². The summed E-state index contributed by atoms with van der Waals surface area (Å²) in [7, 11) is 0. The molecule has 1 amide bonds. The van der Waals surface area contributed by atoms with Crippen molar-refractivity contribution in [3.05, 3.63) is 59.1 Å². The summed E-state index contributed by atoms with van der Waals surface area (Å²) in [5.41, 5.74) is 2.59. The number of carbonyl (C=O) groups excluding carboxylic acids is 1. The first kappa shape index (κ1) is 18.0. The van der Waals surface area contributed by atoms with Gasteiger partial charge in [0.15, 0.2) is 5.89 Å². The van der Waals surface area contributed by atoms with Gasteiger partial charge in [-0.3, -0.25) is 4.79 Å². The number of ether oxygens (including phenoxy) is 1. The zero-order chi connectivity index (χ0) is 19.6. The molecule has 0 aliphatic carbocycles. The number of fused-ring (bicyclic) bond motifs is 1. The maximum absolute atomic E-state index is 13.0. The number of amides is 1. The lowest BCUT2D eigenvalue weighted by Crippen LogP contribution is -2.35. The summed E-state index contributed by atoms with van der Waals surface area (Å²) in [5.74, 6) is 2.07. The van der Waals surface area contributed by atoms with Crippen LogP contribution < -0.4 is 0 Å². The number of nitrogens with zero attached hydrogens (tertiary/aromatic N) is 6. The molecule has 2 aromatic heterocycles. The van der Waals surface area contributed by atoms with Crippen molar-refractivity contribution in [1.82, 2.24) is 30.1 Å². The number of hydrogen-bond donors (Lipinski definition) is 0. The monoisotopic (exact) mass is 394 g/mol. The van der Waals surface area contributed by atoms with Gasteiger partial charge >= 0.3 is 0 Å². The molecule has 29 heavy (non-hydrogen) atoms. The maximum Gasteiger partial charge on any atom is 0.254 e. The van der Waals surface area contributed by atoms with E-state index in [1.165, 1.54) is 0 Å². The second-order valence-electron chi connectivity index (χ2n) is 7.49. The van der Waals surface area contributed by atoms with Crippen molar-refractivity contribution in [3.8, 4) is 0 Å². The second-order valence-corrected chi connectivity index (χ2v) is 7.49. The van der Waals surface area contributed by atoms with Crippen LogP contribution in [0, 0.1) is 0 Å². The molecule has 2 aliphatic heterocycles. The van der Waals surface area contributed by atoms with Crippen molar-refractivity contribution >= 4 is 5.91 Å². The zero-order valence-electron chi connectivity index (χ0n) is 16.0. The van der Waals surface area contributed by atoms with Gasteiger partial charge in [0, 0.05) is 37.7 Å². The Morgan fingerprint density at radius 3 is 2.76 bits per heavy atom. The topological polar surface area (TPSA) is 99.2 Å². The predicted octanol–water partition coefficient (Wildman–Crippen LogP) is 1.80. The number of tetrazole rings is 1. The van der Waals surface area contributed by atoms with Gasteiger partial charge in [-0.1, -0.05) is 12.1 Å². The van der Waals surface area contributed by atoms with Gasteiger partial charge in [0.05, 0.1) is 13.1 Å². The van der Waals surface area contributed by atoms with Crippen LogP contribution in [-0.4, -0.2) is 55.8 Å². The summed E-state index contributed by atoms with van der Waals surface area (Å²) in [6.07, 6.45) is 4.16. The SMILES string of the molecule is O=C(c1ccc(Cn2cnnn2)cc1)N1CCc2oc(C3CCOCC3)nc2C1. The number of hydrogen-bond acceptors (Lipinski definition) is 7. The van der Waals surface area contributed by atoms with Crippen LogP contribution in [0.1, 0.15) is 52.0 Å². The first-order chi connectivity index (χ1) is 14.3. The highest BCUT2D eigenvalue weighted by atomic mass is 16.5. The minimum Gasteiger partial charge on any atom is -0.445 e. The Labute approximate surface area is 167 Å². The lowest BCUT2D eigenvalue weighted by Gasteiger charge is -2.25. The normalized spacial score (nSPS) is 17.3. The highest BCUT2D eigenvalue weighted by Crippen LogP contribution is 2.30. The molecule has 0 N–H and O–H groups in total. The third-order valence-corrected chi connectivity index (χ3v) is 5.54. The van der Waals surface area contributed by atoms with Crippen LogP contribution in [0.15, 0.2) is 35.0 Å². The van der Waals surface area contributed by atoms with E-state index in [0.717, 1.165) is 49.0 Å². The van der Waals surface area contributed by atoms with E-state index in [1.54, 1.807) is 11.0 Å². The van der Waals surface area contributed by atoms with Gasteiger partial charge in [-0.2, -0.15) is 0 Å². The van der Waals surface area contributed by atoms with Crippen molar-refractivity contribution in [1.29, 1.82) is 0 Å². The average molecular weight is 394 g/mol. The highest BCUT2D eigenvalue weighted by Gasteiger charge is 2.29. The van der Waals surface area contributed by atoms with E-state index in [9.17, 15) is 4.79 Å². The molecule has 0 atom stereocenters. The molecule has 4 heterocycles. The molecule has 0 unspecified atom stereocenters. The van der Waals surface area contributed by atoms with Crippen molar-refractivity contribution < 1.29 is 13.9 Å². The molecule has 0 spiro atoms. The second kappa shape index (κ2) is 7.75. The van der Waals surface area contributed by atoms with Crippen LogP contribution in [-0.2, 0) is 24.2 Å². The van der Waals surface area contributed by atoms with Gasteiger partial charge in [-0.25, -0.2) is 9.67 Å². The van der Waals surface area contributed by atoms with Gasteiger partial charge in [0.25, 0.3) is 5.91 Å². The number of carbonyl (C=O) groups is 1. The van der Waals surface area contributed by atoms with Gasteiger partial charge < -0.3 is 14.1 Å². The van der Waals surface area contributed by atoms with Crippen LogP contribution >= 0.6 is 0 Å². The fraction of sp³-hybridized carbons (Fsp3) is 0.450. The maximum atomic E-state index is 13.0. The Bertz CT molecular complexity index is 976. The Morgan fingerprint density at radius 1 is 1.17 bits per heavy atom. The predicted molar refractivity (Wildman–Crippen MR) is 101 cm³/mol. The molecule has 0 saturated carbocycles. The molecule has 150 valence electrons. The highest BCUT2D eigenvalue weighted by molar-refractivity contribution is 5.94.